The highest BCUT2D eigenvalue weighted by Crippen LogP contribution is 2.37. The summed E-state index contributed by atoms with van der Waals surface area (Å²) in [6, 6.07) is 6.95. The lowest BCUT2D eigenvalue weighted by atomic mass is 9.80. The van der Waals surface area contributed by atoms with Crippen molar-refractivity contribution >= 4 is 5.97 Å². The third-order valence-corrected chi connectivity index (χ3v) is 4.36. The van der Waals surface area contributed by atoms with Crippen molar-refractivity contribution in [3.8, 4) is 5.75 Å². The van der Waals surface area contributed by atoms with Crippen LogP contribution in [0.15, 0.2) is 24.3 Å². The van der Waals surface area contributed by atoms with Gasteiger partial charge in [-0.05, 0) is 52.0 Å². The molecule has 0 radical (unpaired) electrons. The topological polar surface area (TPSA) is 64.8 Å². The molecule has 0 aromatic heterocycles. The lowest BCUT2D eigenvalue weighted by Crippen LogP contribution is -2.65. The molecule has 5 nitrogen and oxygen atoms in total. The monoisotopic (exact) mass is 306 g/mol. The van der Waals surface area contributed by atoms with Crippen molar-refractivity contribution in [3.05, 3.63) is 29.8 Å². The van der Waals surface area contributed by atoms with Crippen LogP contribution in [0.1, 0.15) is 50.9 Å². The van der Waals surface area contributed by atoms with Gasteiger partial charge in [-0.15, -0.1) is 0 Å². The molecule has 2 rings (SSSR count). The highest BCUT2D eigenvalue weighted by Gasteiger charge is 2.45. The van der Waals surface area contributed by atoms with Crippen molar-refractivity contribution in [1.29, 1.82) is 0 Å². The van der Waals surface area contributed by atoms with Crippen LogP contribution in [-0.4, -0.2) is 35.3 Å². The van der Waals surface area contributed by atoms with Gasteiger partial charge < -0.3 is 9.47 Å². The van der Waals surface area contributed by atoms with E-state index in [2.05, 4.69) is 27.7 Å². The number of carbonyl (C=O) groups is 1. The molecule has 1 aromatic carbocycles. The molecule has 1 heterocycles. The lowest BCUT2D eigenvalue weighted by Gasteiger charge is -2.52. The van der Waals surface area contributed by atoms with Crippen LogP contribution in [0.3, 0.4) is 0 Å². The highest BCUT2D eigenvalue weighted by molar-refractivity contribution is 5.89. The van der Waals surface area contributed by atoms with Gasteiger partial charge in [0.05, 0.1) is 12.7 Å². The van der Waals surface area contributed by atoms with Gasteiger partial charge in [-0.3, -0.25) is 5.84 Å². The molecule has 5 heteroatoms. The van der Waals surface area contributed by atoms with Gasteiger partial charge in [-0.2, -0.15) is 0 Å². The number of hydrogen-bond donors (Lipinski definition) is 1. The summed E-state index contributed by atoms with van der Waals surface area (Å²) >= 11 is 0. The molecule has 1 aliphatic heterocycles. The molecule has 1 saturated heterocycles. The Labute approximate surface area is 132 Å². The Morgan fingerprint density at radius 1 is 1.14 bits per heavy atom. The molecular formula is C17H26N2O3. The number of rotatable bonds is 3. The summed E-state index contributed by atoms with van der Waals surface area (Å²) in [5.41, 5.74) is 0.103. The number of carbonyl (C=O) groups excluding carboxylic acids is 1. The number of methoxy groups -OCH3 is 1. The van der Waals surface area contributed by atoms with E-state index in [-0.39, 0.29) is 23.2 Å². The maximum atomic E-state index is 12.3. The molecule has 0 spiro atoms. The summed E-state index contributed by atoms with van der Waals surface area (Å²) in [6.45, 7) is 8.29. The van der Waals surface area contributed by atoms with Gasteiger partial charge in [-0.1, -0.05) is 0 Å². The van der Waals surface area contributed by atoms with Gasteiger partial charge in [0.25, 0.3) is 0 Å². The van der Waals surface area contributed by atoms with Gasteiger partial charge in [0.2, 0.25) is 0 Å². The van der Waals surface area contributed by atoms with E-state index < -0.39 is 0 Å². The fourth-order valence-electron chi connectivity index (χ4n) is 3.23. The number of hydrazine groups is 1. The molecule has 0 aliphatic carbocycles. The summed E-state index contributed by atoms with van der Waals surface area (Å²) in [5.74, 6) is 6.62. The van der Waals surface area contributed by atoms with E-state index in [0.29, 0.717) is 5.56 Å². The number of ether oxygens (including phenoxy) is 2. The molecule has 1 aromatic rings. The first-order valence-corrected chi connectivity index (χ1v) is 7.56. The van der Waals surface area contributed by atoms with Crippen LogP contribution in [0.2, 0.25) is 0 Å². The standard InChI is InChI=1S/C17H26N2O3/c1-16(2)10-14(11-17(3,4)19(16)18)22-15(20)12-6-8-13(21-5)9-7-12/h6-9,14H,10-11,18H2,1-5H3. The Kier molecular flexibility index (Phi) is 4.49. The third kappa shape index (κ3) is 3.42. The van der Waals surface area contributed by atoms with Gasteiger partial charge in [0.1, 0.15) is 11.9 Å². The van der Waals surface area contributed by atoms with E-state index in [1.807, 2.05) is 5.01 Å². The van der Waals surface area contributed by atoms with Crippen LogP contribution in [0.25, 0.3) is 0 Å². The molecule has 0 atom stereocenters. The van der Waals surface area contributed by atoms with Crippen molar-refractivity contribution in [2.75, 3.05) is 7.11 Å². The zero-order valence-electron chi connectivity index (χ0n) is 14.1. The molecular weight excluding hydrogens is 280 g/mol. The van der Waals surface area contributed by atoms with E-state index in [9.17, 15) is 4.79 Å². The van der Waals surface area contributed by atoms with E-state index >= 15 is 0 Å². The molecule has 0 bridgehead atoms. The summed E-state index contributed by atoms with van der Waals surface area (Å²) in [5, 5.41) is 1.87. The maximum absolute atomic E-state index is 12.3. The summed E-state index contributed by atoms with van der Waals surface area (Å²) < 4.78 is 10.8. The van der Waals surface area contributed by atoms with Crippen LogP contribution in [0, 0.1) is 0 Å². The Balaban J connectivity index is 2.08. The molecule has 0 saturated carbocycles. The van der Waals surface area contributed by atoms with Crippen molar-refractivity contribution in [1.82, 2.24) is 5.01 Å². The smallest absolute Gasteiger partial charge is 0.338 e. The molecule has 1 aliphatic rings. The second-order valence-corrected chi connectivity index (χ2v) is 7.16. The largest absolute Gasteiger partial charge is 0.497 e. The molecule has 122 valence electrons. The number of esters is 1. The van der Waals surface area contributed by atoms with Crippen molar-refractivity contribution in [2.24, 2.45) is 5.84 Å². The first-order chi connectivity index (χ1) is 10.2. The minimum Gasteiger partial charge on any atom is -0.497 e. The fourth-order valence-corrected chi connectivity index (χ4v) is 3.23. The molecule has 0 amide bonds. The first-order valence-electron chi connectivity index (χ1n) is 7.56. The second kappa shape index (κ2) is 5.89. The number of nitrogens with two attached hydrogens (primary N) is 1. The van der Waals surface area contributed by atoms with Crippen molar-refractivity contribution in [3.63, 3.8) is 0 Å². The minimum absolute atomic E-state index is 0.139. The fraction of sp³-hybridized carbons (Fsp3) is 0.588. The average Bonchev–Trinajstić information content (AvgIpc) is 2.44. The Bertz CT molecular complexity index is 519. The van der Waals surface area contributed by atoms with Crippen LogP contribution < -0.4 is 10.6 Å². The van der Waals surface area contributed by atoms with Crippen LogP contribution in [0.4, 0.5) is 0 Å². The van der Waals surface area contributed by atoms with Crippen molar-refractivity contribution in [2.45, 2.75) is 57.7 Å². The van der Waals surface area contributed by atoms with E-state index in [1.165, 1.54) is 0 Å². The SMILES string of the molecule is COc1ccc(C(=O)OC2CC(C)(C)N(N)C(C)(C)C2)cc1. The van der Waals surface area contributed by atoms with Gasteiger partial charge in [0.15, 0.2) is 0 Å². The Hall–Kier alpha value is -1.59. The van der Waals surface area contributed by atoms with Gasteiger partial charge in [-0.25, -0.2) is 9.80 Å². The van der Waals surface area contributed by atoms with Crippen LogP contribution in [0.5, 0.6) is 5.75 Å². The van der Waals surface area contributed by atoms with E-state index in [1.54, 1.807) is 31.4 Å². The predicted octanol–water partition coefficient (Wildman–Crippen LogP) is 2.75. The normalized spacial score (nSPS) is 21.4. The highest BCUT2D eigenvalue weighted by atomic mass is 16.5. The number of nitrogens with zero attached hydrogens (tertiary/aromatic N) is 1. The summed E-state index contributed by atoms with van der Waals surface area (Å²) in [7, 11) is 1.60. The zero-order valence-corrected chi connectivity index (χ0v) is 14.1. The first kappa shape index (κ1) is 16.8. The average molecular weight is 306 g/mol. The van der Waals surface area contributed by atoms with Gasteiger partial charge >= 0.3 is 5.97 Å². The Morgan fingerprint density at radius 3 is 2.09 bits per heavy atom. The number of benzene rings is 1. The quantitative estimate of drug-likeness (QED) is 0.687. The number of piperidine rings is 1. The maximum Gasteiger partial charge on any atom is 0.338 e. The lowest BCUT2D eigenvalue weighted by molar-refractivity contribution is -0.0884. The van der Waals surface area contributed by atoms with E-state index in [4.69, 9.17) is 15.3 Å². The van der Waals surface area contributed by atoms with Crippen molar-refractivity contribution < 1.29 is 14.3 Å². The number of hydrogen-bond acceptors (Lipinski definition) is 5. The molecule has 2 N–H and O–H groups in total. The zero-order chi connectivity index (χ0) is 16.5. The Morgan fingerprint density at radius 2 is 1.64 bits per heavy atom. The van der Waals surface area contributed by atoms with Gasteiger partial charge in [0, 0.05) is 23.9 Å². The minimum atomic E-state index is -0.301. The van der Waals surface area contributed by atoms with Crippen LogP contribution >= 0.6 is 0 Å². The molecule has 0 unspecified atom stereocenters. The summed E-state index contributed by atoms with van der Waals surface area (Å²) in [6.07, 6.45) is 1.29. The summed E-state index contributed by atoms with van der Waals surface area (Å²) in [4.78, 5) is 12.3. The van der Waals surface area contributed by atoms with Crippen LogP contribution in [-0.2, 0) is 4.74 Å². The second-order valence-electron chi connectivity index (χ2n) is 7.16. The molecule has 22 heavy (non-hydrogen) atoms. The van der Waals surface area contributed by atoms with E-state index in [0.717, 1.165) is 18.6 Å². The molecule has 1 fully saturated rings. The predicted molar refractivity (Wildman–Crippen MR) is 85.6 cm³/mol. The third-order valence-electron chi connectivity index (χ3n) is 4.36.